The van der Waals surface area contributed by atoms with Gasteiger partial charge in [-0.3, -0.25) is 5.10 Å². The molecule has 4 atom stereocenters. The maximum Gasteiger partial charge on any atom is 0.315 e. The van der Waals surface area contributed by atoms with Gasteiger partial charge >= 0.3 is 6.03 Å². The van der Waals surface area contributed by atoms with E-state index in [2.05, 4.69) is 50.9 Å². The number of benzene rings is 3. The van der Waals surface area contributed by atoms with Crippen molar-refractivity contribution in [2.45, 2.75) is 50.7 Å². The minimum absolute atomic E-state index is 0.00101. The Morgan fingerprint density at radius 3 is 2.46 bits per heavy atom. The van der Waals surface area contributed by atoms with E-state index >= 15 is 0 Å². The van der Waals surface area contributed by atoms with Crippen LogP contribution >= 0.6 is 11.8 Å². The van der Waals surface area contributed by atoms with Crippen LogP contribution in [0.5, 0.6) is 0 Å². The van der Waals surface area contributed by atoms with E-state index in [1.54, 1.807) is 11.8 Å². The fourth-order valence-electron chi connectivity index (χ4n) is 4.91. The molecule has 10 heteroatoms. The van der Waals surface area contributed by atoms with Gasteiger partial charge in [0.05, 0.1) is 18.8 Å². The van der Waals surface area contributed by atoms with Crippen molar-refractivity contribution < 1.29 is 19.4 Å². The van der Waals surface area contributed by atoms with Crippen LogP contribution in [-0.4, -0.2) is 44.7 Å². The quantitative estimate of drug-likeness (QED) is 0.188. The molecule has 2 amide bonds. The lowest BCUT2D eigenvalue weighted by Gasteiger charge is -2.41. The van der Waals surface area contributed by atoms with Crippen molar-refractivity contribution in [3.8, 4) is 11.1 Å². The van der Waals surface area contributed by atoms with E-state index in [1.807, 2.05) is 61.5 Å². The Hall–Kier alpha value is -3.70. The highest BCUT2D eigenvalue weighted by atomic mass is 32.2. The molecule has 1 aromatic heterocycles. The molecule has 4 aromatic rings. The van der Waals surface area contributed by atoms with Crippen LogP contribution in [0.2, 0.25) is 0 Å². The summed E-state index contributed by atoms with van der Waals surface area (Å²) in [5.74, 6) is 0.760. The van der Waals surface area contributed by atoms with Crippen molar-refractivity contribution in [3.05, 3.63) is 101 Å². The van der Waals surface area contributed by atoms with Crippen LogP contribution in [-0.2, 0) is 22.6 Å². The summed E-state index contributed by atoms with van der Waals surface area (Å²) in [4.78, 5) is 16.2. The molecule has 4 N–H and O–H groups in total. The standard InChI is InChI=1S/C31H35N5O4S/c1-3-32-30(38)33-16-25-6-4-5-7-26(25)22-12-14-24(15-13-22)29-39-27(18-41-31-34-19-35-36-31)20(2)28(40-29)23-10-8-21(17-37)9-11-23/h4-15,19-20,27-29,37H,3,16-18H2,1-2H3,(H2,32,33,38)(H,34,35,36)/t20-,27+,28+,29+/m0/s1. The second-order valence-corrected chi connectivity index (χ2v) is 10.9. The minimum Gasteiger partial charge on any atom is -0.392 e. The number of nitrogens with one attached hydrogen (secondary N) is 3. The number of amides is 2. The Bertz CT molecular complexity index is 1400. The number of aliphatic hydroxyl groups is 1. The maximum absolute atomic E-state index is 11.9. The van der Waals surface area contributed by atoms with Gasteiger partial charge in [0, 0.05) is 30.3 Å². The van der Waals surface area contributed by atoms with Crippen molar-refractivity contribution in [2.75, 3.05) is 12.3 Å². The molecule has 1 aliphatic rings. The van der Waals surface area contributed by atoms with Gasteiger partial charge in [0.25, 0.3) is 0 Å². The van der Waals surface area contributed by atoms with Crippen molar-refractivity contribution in [2.24, 2.45) is 5.92 Å². The predicted octanol–water partition coefficient (Wildman–Crippen LogP) is 5.37. The van der Waals surface area contributed by atoms with Gasteiger partial charge in [-0.05, 0) is 34.7 Å². The number of ether oxygens (including phenoxy) is 2. The van der Waals surface area contributed by atoms with E-state index in [1.165, 1.54) is 6.33 Å². The first-order valence-electron chi connectivity index (χ1n) is 13.7. The normalized spacial score (nSPS) is 20.5. The highest BCUT2D eigenvalue weighted by Gasteiger charge is 2.38. The molecule has 1 aliphatic heterocycles. The highest BCUT2D eigenvalue weighted by Crippen LogP contribution is 2.43. The smallest absolute Gasteiger partial charge is 0.315 e. The lowest BCUT2D eigenvalue weighted by atomic mass is 9.91. The Balaban J connectivity index is 1.36. The van der Waals surface area contributed by atoms with Gasteiger partial charge in [-0.2, -0.15) is 5.10 Å². The number of hydrogen-bond donors (Lipinski definition) is 4. The number of urea groups is 1. The highest BCUT2D eigenvalue weighted by molar-refractivity contribution is 7.99. The van der Waals surface area contributed by atoms with Gasteiger partial charge in [-0.25, -0.2) is 9.78 Å². The zero-order chi connectivity index (χ0) is 28.6. The first-order valence-corrected chi connectivity index (χ1v) is 14.7. The van der Waals surface area contributed by atoms with Gasteiger partial charge in [0.1, 0.15) is 6.33 Å². The number of H-pyrrole nitrogens is 1. The SMILES string of the molecule is CCNC(=O)NCc1ccccc1-c1ccc([C@@H]2O[C@H](CSc3ncn[nH]3)[C@H](C)[C@H](c3ccc(CO)cc3)O2)cc1. The van der Waals surface area contributed by atoms with E-state index < -0.39 is 6.29 Å². The van der Waals surface area contributed by atoms with Gasteiger partial charge in [-0.1, -0.05) is 91.5 Å². The van der Waals surface area contributed by atoms with E-state index in [4.69, 9.17) is 9.47 Å². The van der Waals surface area contributed by atoms with Crippen molar-refractivity contribution in [1.29, 1.82) is 0 Å². The molecular formula is C31H35N5O4S. The van der Waals surface area contributed by atoms with Crippen LogP contribution in [0.1, 0.15) is 48.5 Å². The summed E-state index contributed by atoms with van der Waals surface area (Å²) in [5.41, 5.74) is 5.95. The van der Waals surface area contributed by atoms with Gasteiger partial charge in [0.15, 0.2) is 11.4 Å². The van der Waals surface area contributed by atoms with Crippen molar-refractivity contribution in [1.82, 2.24) is 25.8 Å². The number of rotatable bonds is 10. The Kier molecular flexibility index (Phi) is 9.68. The molecule has 0 radical (unpaired) electrons. The molecule has 1 fully saturated rings. The Morgan fingerprint density at radius 2 is 1.76 bits per heavy atom. The maximum atomic E-state index is 11.9. The first-order chi connectivity index (χ1) is 20.1. The molecule has 1 saturated heterocycles. The van der Waals surface area contributed by atoms with Crippen molar-refractivity contribution >= 4 is 17.8 Å². The molecule has 0 aliphatic carbocycles. The molecule has 9 nitrogen and oxygen atoms in total. The summed E-state index contributed by atoms with van der Waals surface area (Å²) in [5, 5.41) is 22.8. The van der Waals surface area contributed by atoms with Crippen LogP contribution in [0.3, 0.4) is 0 Å². The molecule has 214 valence electrons. The largest absolute Gasteiger partial charge is 0.392 e. The molecule has 0 saturated carbocycles. The van der Waals surface area contributed by atoms with Gasteiger partial charge in [-0.15, -0.1) is 0 Å². The number of aromatic nitrogens is 3. The number of carbonyl (C=O) groups is 1. The molecular weight excluding hydrogens is 538 g/mol. The number of nitrogens with zero attached hydrogens (tertiary/aromatic N) is 2. The summed E-state index contributed by atoms with van der Waals surface area (Å²) >= 11 is 1.57. The minimum atomic E-state index is -0.558. The molecule has 2 heterocycles. The number of carbonyl (C=O) groups excluding carboxylic acids is 1. The Labute approximate surface area is 244 Å². The molecule has 0 unspecified atom stereocenters. The van der Waals surface area contributed by atoms with E-state index in [0.717, 1.165) is 38.5 Å². The number of hydrogen-bond acceptors (Lipinski definition) is 7. The fraction of sp³-hybridized carbons (Fsp3) is 0.323. The zero-order valence-electron chi connectivity index (χ0n) is 23.1. The molecule has 5 rings (SSSR count). The third-order valence-electron chi connectivity index (χ3n) is 7.19. The van der Waals surface area contributed by atoms with Crippen LogP contribution in [0, 0.1) is 5.92 Å². The van der Waals surface area contributed by atoms with Crippen LogP contribution in [0.25, 0.3) is 11.1 Å². The Morgan fingerprint density at radius 1 is 1.00 bits per heavy atom. The summed E-state index contributed by atoms with van der Waals surface area (Å²) < 4.78 is 13.1. The number of aliphatic hydroxyl groups excluding tert-OH is 1. The van der Waals surface area contributed by atoms with E-state index in [-0.39, 0.29) is 30.8 Å². The summed E-state index contributed by atoms with van der Waals surface area (Å²) in [6, 6.07) is 24.0. The van der Waals surface area contributed by atoms with Gasteiger partial charge < -0.3 is 25.2 Å². The van der Waals surface area contributed by atoms with E-state index in [0.29, 0.717) is 18.8 Å². The molecule has 0 bridgehead atoms. The topological polar surface area (TPSA) is 121 Å². The summed E-state index contributed by atoms with van der Waals surface area (Å²) in [7, 11) is 0. The number of thioether (sulfide) groups is 1. The van der Waals surface area contributed by atoms with Crippen LogP contribution < -0.4 is 10.6 Å². The second-order valence-electron chi connectivity index (χ2n) is 9.92. The lowest BCUT2D eigenvalue weighted by molar-refractivity contribution is -0.268. The monoisotopic (exact) mass is 573 g/mol. The lowest BCUT2D eigenvalue weighted by Crippen LogP contribution is -2.38. The zero-order valence-corrected chi connectivity index (χ0v) is 23.9. The second kappa shape index (κ2) is 13.8. The number of aromatic amines is 1. The average molecular weight is 574 g/mol. The van der Waals surface area contributed by atoms with Crippen molar-refractivity contribution in [3.63, 3.8) is 0 Å². The average Bonchev–Trinajstić information content (AvgIpc) is 3.54. The molecule has 0 spiro atoms. The third kappa shape index (κ3) is 7.15. The van der Waals surface area contributed by atoms with Crippen LogP contribution in [0.15, 0.2) is 84.3 Å². The molecule has 41 heavy (non-hydrogen) atoms. The molecule has 3 aromatic carbocycles. The fourth-order valence-corrected chi connectivity index (χ4v) is 5.85. The first kappa shape index (κ1) is 28.8. The van der Waals surface area contributed by atoms with Gasteiger partial charge in [0.2, 0.25) is 0 Å². The predicted molar refractivity (Wildman–Crippen MR) is 158 cm³/mol. The van der Waals surface area contributed by atoms with E-state index in [9.17, 15) is 9.90 Å². The summed E-state index contributed by atoms with van der Waals surface area (Å²) in [6.07, 6.45) is 0.646. The van der Waals surface area contributed by atoms with Crippen LogP contribution in [0.4, 0.5) is 4.79 Å². The summed E-state index contributed by atoms with van der Waals surface area (Å²) in [6.45, 7) is 5.04. The third-order valence-corrected chi connectivity index (χ3v) is 8.15.